The van der Waals surface area contributed by atoms with Gasteiger partial charge in [0.05, 0.1) is 11.4 Å². The van der Waals surface area contributed by atoms with Gasteiger partial charge in [0, 0.05) is 16.4 Å². The van der Waals surface area contributed by atoms with E-state index in [9.17, 15) is 9.18 Å². The summed E-state index contributed by atoms with van der Waals surface area (Å²) >= 11 is 3.22. The predicted octanol–water partition coefficient (Wildman–Crippen LogP) is 3.73. The van der Waals surface area contributed by atoms with Gasteiger partial charge in [-0.05, 0) is 47.1 Å². The number of carbonyl (C=O) groups is 1. The number of nitrogens with one attached hydrogen (secondary N) is 1. The molecule has 2 aromatic rings. The predicted molar refractivity (Wildman–Crippen MR) is 73.3 cm³/mol. The minimum absolute atomic E-state index is 0.0572. The molecule has 0 saturated carbocycles. The average molecular weight is 325 g/mol. The van der Waals surface area contributed by atoms with Gasteiger partial charge in [-0.2, -0.15) is 0 Å². The van der Waals surface area contributed by atoms with Crippen molar-refractivity contribution in [1.82, 2.24) is 4.98 Å². The van der Waals surface area contributed by atoms with Crippen LogP contribution in [0.1, 0.15) is 16.1 Å². The number of hydrogen-bond donors (Lipinski definition) is 2. The van der Waals surface area contributed by atoms with Crippen LogP contribution in [0.5, 0.6) is 0 Å². The van der Waals surface area contributed by atoms with Crippen molar-refractivity contribution >= 4 is 33.3 Å². The van der Waals surface area contributed by atoms with E-state index in [1.54, 1.807) is 13.0 Å². The van der Waals surface area contributed by atoms with Gasteiger partial charge in [0.25, 0.3) is 0 Å². The van der Waals surface area contributed by atoms with Gasteiger partial charge in [-0.3, -0.25) is 4.98 Å². The van der Waals surface area contributed by atoms with E-state index in [1.165, 1.54) is 24.4 Å². The number of rotatable bonds is 3. The molecule has 1 heterocycles. The van der Waals surface area contributed by atoms with E-state index in [0.717, 1.165) is 0 Å². The fourth-order valence-corrected chi connectivity index (χ4v) is 2.02. The van der Waals surface area contributed by atoms with Gasteiger partial charge in [-0.1, -0.05) is 0 Å². The van der Waals surface area contributed by atoms with Gasteiger partial charge in [-0.25, -0.2) is 9.18 Å². The zero-order valence-electron chi connectivity index (χ0n) is 9.95. The highest BCUT2D eigenvalue weighted by atomic mass is 79.9. The summed E-state index contributed by atoms with van der Waals surface area (Å²) in [4.78, 5) is 15.1. The summed E-state index contributed by atoms with van der Waals surface area (Å²) < 4.78 is 13.5. The van der Waals surface area contributed by atoms with Gasteiger partial charge >= 0.3 is 5.97 Å². The molecule has 6 heteroatoms. The molecule has 1 aromatic heterocycles. The Morgan fingerprint density at radius 3 is 2.74 bits per heavy atom. The first-order valence-electron chi connectivity index (χ1n) is 5.39. The number of nitrogens with zero attached hydrogens (tertiary/aromatic N) is 1. The van der Waals surface area contributed by atoms with Crippen molar-refractivity contribution in [2.75, 3.05) is 5.32 Å². The first kappa shape index (κ1) is 13.5. The summed E-state index contributed by atoms with van der Waals surface area (Å²) in [5.74, 6) is -1.45. The largest absolute Gasteiger partial charge is 0.478 e. The average Bonchev–Trinajstić information content (AvgIpc) is 2.32. The topological polar surface area (TPSA) is 62.2 Å². The van der Waals surface area contributed by atoms with E-state index >= 15 is 0 Å². The molecule has 2 N–H and O–H groups in total. The Balaban J connectivity index is 2.42. The van der Waals surface area contributed by atoms with Gasteiger partial charge < -0.3 is 10.4 Å². The smallest absolute Gasteiger partial charge is 0.339 e. The van der Waals surface area contributed by atoms with Crippen LogP contribution in [0, 0.1) is 12.7 Å². The third kappa shape index (κ3) is 3.08. The van der Waals surface area contributed by atoms with Crippen LogP contribution in [0.2, 0.25) is 0 Å². The SMILES string of the molecule is Cc1cc(Nc2ccc(F)cc2Br)c(C(=O)O)cn1. The molecule has 0 unspecified atom stereocenters. The van der Waals surface area contributed by atoms with Gasteiger partial charge in [0.1, 0.15) is 11.4 Å². The Bertz CT molecular complexity index is 647. The Hall–Kier alpha value is -1.95. The standard InChI is InChI=1S/C13H10BrFN2O2/c1-7-4-12(9(6-16-7)13(18)19)17-11-3-2-8(15)5-10(11)14/h2-6H,1H3,(H,16,17)(H,18,19). The van der Waals surface area contributed by atoms with Crippen molar-refractivity contribution < 1.29 is 14.3 Å². The third-order valence-corrected chi connectivity index (χ3v) is 3.13. The van der Waals surface area contributed by atoms with Crippen LogP contribution in [0.3, 0.4) is 0 Å². The second kappa shape index (κ2) is 5.36. The highest BCUT2D eigenvalue weighted by molar-refractivity contribution is 9.10. The zero-order chi connectivity index (χ0) is 14.0. The Morgan fingerprint density at radius 1 is 1.37 bits per heavy atom. The summed E-state index contributed by atoms with van der Waals surface area (Å²) in [5.41, 5.74) is 1.73. The number of pyridine rings is 1. The minimum Gasteiger partial charge on any atom is -0.478 e. The number of carboxylic acids is 1. The van der Waals surface area contributed by atoms with E-state index in [-0.39, 0.29) is 11.4 Å². The van der Waals surface area contributed by atoms with E-state index < -0.39 is 5.97 Å². The Kier molecular flexibility index (Phi) is 3.80. The van der Waals surface area contributed by atoms with Crippen molar-refractivity contribution in [1.29, 1.82) is 0 Å². The number of carboxylic acid groups (broad SMARTS) is 1. The van der Waals surface area contributed by atoms with Gasteiger partial charge in [0.2, 0.25) is 0 Å². The van der Waals surface area contributed by atoms with Crippen molar-refractivity contribution in [3.05, 3.63) is 52.0 Å². The maximum Gasteiger partial charge on any atom is 0.339 e. The van der Waals surface area contributed by atoms with Crippen LogP contribution in [-0.2, 0) is 0 Å². The molecule has 0 amide bonds. The lowest BCUT2D eigenvalue weighted by atomic mass is 10.2. The molecule has 0 aliphatic rings. The van der Waals surface area contributed by atoms with Crippen LogP contribution in [0.25, 0.3) is 0 Å². The molecule has 1 aromatic carbocycles. The maximum absolute atomic E-state index is 13.0. The Morgan fingerprint density at radius 2 is 2.11 bits per heavy atom. The van der Waals surface area contributed by atoms with Crippen LogP contribution in [-0.4, -0.2) is 16.1 Å². The normalized spacial score (nSPS) is 10.3. The van der Waals surface area contributed by atoms with E-state index in [1.807, 2.05) is 0 Å². The minimum atomic E-state index is -1.08. The highest BCUT2D eigenvalue weighted by Crippen LogP contribution is 2.28. The number of aromatic carboxylic acids is 1. The van der Waals surface area contributed by atoms with Gasteiger partial charge in [0.15, 0.2) is 0 Å². The summed E-state index contributed by atoms with van der Waals surface area (Å²) in [6.07, 6.45) is 1.29. The molecular weight excluding hydrogens is 315 g/mol. The second-order valence-electron chi connectivity index (χ2n) is 3.93. The molecule has 0 radical (unpaired) electrons. The summed E-state index contributed by atoms with van der Waals surface area (Å²) in [6.45, 7) is 1.76. The van der Waals surface area contributed by atoms with Crippen molar-refractivity contribution in [3.8, 4) is 0 Å². The molecule has 4 nitrogen and oxygen atoms in total. The highest BCUT2D eigenvalue weighted by Gasteiger charge is 2.12. The first-order valence-corrected chi connectivity index (χ1v) is 6.18. The van der Waals surface area contributed by atoms with E-state index in [0.29, 0.717) is 21.5 Å². The lowest BCUT2D eigenvalue weighted by Gasteiger charge is -2.11. The quantitative estimate of drug-likeness (QED) is 0.902. The monoisotopic (exact) mass is 324 g/mol. The fourth-order valence-electron chi connectivity index (χ4n) is 1.57. The van der Waals surface area contributed by atoms with Crippen molar-refractivity contribution in [2.45, 2.75) is 6.92 Å². The van der Waals surface area contributed by atoms with E-state index in [2.05, 4.69) is 26.2 Å². The lowest BCUT2D eigenvalue weighted by Crippen LogP contribution is -2.04. The number of anilines is 2. The van der Waals surface area contributed by atoms with Crippen molar-refractivity contribution in [2.24, 2.45) is 0 Å². The second-order valence-corrected chi connectivity index (χ2v) is 4.78. The summed E-state index contributed by atoms with van der Waals surface area (Å²) in [5, 5.41) is 12.1. The van der Waals surface area contributed by atoms with Crippen LogP contribution in [0.4, 0.5) is 15.8 Å². The molecule has 98 valence electrons. The van der Waals surface area contributed by atoms with Crippen LogP contribution in [0.15, 0.2) is 34.9 Å². The molecule has 0 bridgehead atoms. The Labute approximate surface area is 117 Å². The van der Waals surface area contributed by atoms with Crippen LogP contribution < -0.4 is 5.32 Å². The first-order chi connectivity index (χ1) is 8.97. The van der Waals surface area contributed by atoms with Crippen LogP contribution >= 0.6 is 15.9 Å². The van der Waals surface area contributed by atoms with Gasteiger partial charge in [-0.15, -0.1) is 0 Å². The molecule has 0 atom stereocenters. The zero-order valence-corrected chi connectivity index (χ0v) is 11.5. The molecule has 0 aliphatic carbocycles. The molecule has 2 rings (SSSR count). The number of hydrogen-bond acceptors (Lipinski definition) is 3. The maximum atomic E-state index is 13.0. The van der Waals surface area contributed by atoms with E-state index in [4.69, 9.17) is 5.11 Å². The number of aromatic nitrogens is 1. The van der Waals surface area contributed by atoms with Crippen molar-refractivity contribution in [3.63, 3.8) is 0 Å². The number of halogens is 2. The molecule has 0 saturated heterocycles. The lowest BCUT2D eigenvalue weighted by molar-refractivity contribution is 0.0697. The number of benzene rings is 1. The summed E-state index contributed by atoms with van der Waals surface area (Å²) in [7, 11) is 0. The third-order valence-electron chi connectivity index (χ3n) is 2.47. The molecule has 0 aliphatic heterocycles. The summed E-state index contributed by atoms with van der Waals surface area (Å²) in [6, 6.07) is 5.75. The molecular formula is C13H10BrFN2O2. The molecule has 19 heavy (non-hydrogen) atoms. The molecule has 0 spiro atoms. The molecule has 0 fully saturated rings. The number of aryl methyl sites for hydroxylation is 1. The fraction of sp³-hybridized carbons (Fsp3) is 0.0769.